The van der Waals surface area contributed by atoms with Crippen LogP contribution in [-0.2, 0) is 13.1 Å². The van der Waals surface area contributed by atoms with E-state index >= 15 is 0 Å². The van der Waals surface area contributed by atoms with Crippen molar-refractivity contribution in [3.05, 3.63) is 35.4 Å². The molecule has 2 N–H and O–H groups in total. The van der Waals surface area contributed by atoms with E-state index in [0.717, 1.165) is 32.1 Å². The molecule has 0 saturated carbocycles. The summed E-state index contributed by atoms with van der Waals surface area (Å²) in [5, 5.41) is 6.89. The number of piperazine rings is 1. The first-order valence-electron chi connectivity index (χ1n) is 12.5. The second kappa shape index (κ2) is 13.7. The van der Waals surface area contributed by atoms with Crippen molar-refractivity contribution in [2.45, 2.75) is 52.1 Å². The molecule has 0 bridgehead atoms. The fourth-order valence-electron chi connectivity index (χ4n) is 4.38. The van der Waals surface area contributed by atoms with Crippen molar-refractivity contribution in [2.24, 2.45) is 4.99 Å². The molecule has 0 spiro atoms. The quantitative estimate of drug-likeness (QED) is 0.341. The van der Waals surface area contributed by atoms with Gasteiger partial charge in [0.05, 0.1) is 6.54 Å². The van der Waals surface area contributed by atoms with Crippen LogP contribution in [0.3, 0.4) is 0 Å². The highest BCUT2D eigenvalue weighted by Gasteiger charge is 2.13. The number of nitrogens with zero attached hydrogens (tertiary/aromatic N) is 4. The van der Waals surface area contributed by atoms with Crippen LogP contribution in [0.2, 0.25) is 0 Å². The summed E-state index contributed by atoms with van der Waals surface area (Å²) < 4.78 is 0. The number of hydrogen-bond acceptors (Lipinski definition) is 4. The third-order valence-corrected chi connectivity index (χ3v) is 6.43. The summed E-state index contributed by atoms with van der Waals surface area (Å²) in [6, 6.07) is 9.03. The van der Waals surface area contributed by atoms with E-state index < -0.39 is 0 Å². The molecule has 6 nitrogen and oxygen atoms in total. The summed E-state index contributed by atoms with van der Waals surface area (Å²) in [6.45, 7) is 14.4. The Kier molecular flexibility index (Phi) is 10.6. The molecule has 2 aliphatic heterocycles. The van der Waals surface area contributed by atoms with E-state index in [1.807, 2.05) is 0 Å². The molecular weight excluding hydrogens is 384 g/mol. The van der Waals surface area contributed by atoms with E-state index in [0.29, 0.717) is 0 Å². The number of unbranched alkanes of at least 4 members (excludes halogenated alkanes) is 1. The van der Waals surface area contributed by atoms with Gasteiger partial charge in [0.2, 0.25) is 0 Å². The van der Waals surface area contributed by atoms with E-state index in [-0.39, 0.29) is 0 Å². The van der Waals surface area contributed by atoms with E-state index in [9.17, 15) is 0 Å². The van der Waals surface area contributed by atoms with Crippen LogP contribution in [0, 0.1) is 0 Å². The maximum absolute atomic E-state index is 4.79. The minimum Gasteiger partial charge on any atom is -0.357 e. The number of piperidine rings is 1. The third kappa shape index (κ3) is 9.17. The lowest BCUT2D eigenvalue weighted by molar-refractivity contribution is 0.152. The first kappa shape index (κ1) is 24.0. The van der Waals surface area contributed by atoms with Gasteiger partial charge in [-0.15, -0.1) is 0 Å². The van der Waals surface area contributed by atoms with Crippen LogP contribution in [0.25, 0.3) is 0 Å². The van der Waals surface area contributed by atoms with Crippen molar-refractivity contribution < 1.29 is 0 Å². The molecule has 0 aliphatic carbocycles. The van der Waals surface area contributed by atoms with Crippen LogP contribution in [0.4, 0.5) is 0 Å². The highest BCUT2D eigenvalue weighted by atomic mass is 15.2. The van der Waals surface area contributed by atoms with Crippen molar-refractivity contribution in [2.75, 3.05) is 66.0 Å². The van der Waals surface area contributed by atoms with Crippen LogP contribution in [0.1, 0.15) is 50.2 Å². The van der Waals surface area contributed by atoms with Crippen LogP contribution in [-0.4, -0.2) is 86.6 Å². The molecule has 1 aromatic carbocycles. The summed E-state index contributed by atoms with van der Waals surface area (Å²) in [4.78, 5) is 12.4. The zero-order chi connectivity index (χ0) is 21.7. The van der Waals surface area contributed by atoms with Gasteiger partial charge in [-0.25, -0.2) is 4.99 Å². The largest absolute Gasteiger partial charge is 0.357 e. The molecule has 2 aliphatic rings. The predicted molar refractivity (Wildman–Crippen MR) is 132 cm³/mol. The zero-order valence-electron chi connectivity index (χ0n) is 19.9. The monoisotopic (exact) mass is 428 g/mol. The lowest BCUT2D eigenvalue weighted by atomic mass is 10.1. The summed E-state index contributed by atoms with van der Waals surface area (Å²) >= 11 is 0. The first-order valence-corrected chi connectivity index (χ1v) is 12.5. The fraction of sp³-hybridized carbons (Fsp3) is 0.720. The van der Waals surface area contributed by atoms with Crippen LogP contribution < -0.4 is 10.6 Å². The Morgan fingerprint density at radius 1 is 0.839 bits per heavy atom. The fourth-order valence-corrected chi connectivity index (χ4v) is 4.38. The van der Waals surface area contributed by atoms with Gasteiger partial charge < -0.3 is 20.4 Å². The maximum atomic E-state index is 4.79. The zero-order valence-corrected chi connectivity index (χ0v) is 19.9. The second-order valence-corrected chi connectivity index (χ2v) is 9.13. The number of likely N-dealkylation sites (tertiary alicyclic amines) is 1. The van der Waals surface area contributed by atoms with Gasteiger partial charge in [-0.3, -0.25) is 4.90 Å². The van der Waals surface area contributed by atoms with Gasteiger partial charge in [0.25, 0.3) is 0 Å². The highest BCUT2D eigenvalue weighted by molar-refractivity contribution is 5.79. The number of nitrogens with one attached hydrogen (secondary N) is 2. The van der Waals surface area contributed by atoms with E-state index in [1.54, 1.807) is 0 Å². The first-order chi connectivity index (χ1) is 15.2. The van der Waals surface area contributed by atoms with Gasteiger partial charge in [0, 0.05) is 45.8 Å². The average molecular weight is 429 g/mol. The van der Waals surface area contributed by atoms with E-state index in [2.05, 4.69) is 63.6 Å². The molecule has 3 rings (SSSR count). The number of benzene rings is 1. The molecule has 31 heavy (non-hydrogen) atoms. The van der Waals surface area contributed by atoms with E-state index in [4.69, 9.17) is 4.99 Å². The van der Waals surface area contributed by atoms with Gasteiger partial charge in [-0.05, 0) is 70.4 Å². The van der Waals surface area contributed by atoms with Gasteiger partial charge in [0.15, 0.2) is 5.96 Å². The number of likely N-dealkylation sites (N-methyl/N-ethyl adjacent to an activating group) is 1. The average Bonchev–Trinajstić information content (AvgIpc) is 2.80. The van der Waals surface area contributed by atoms with Crippen LogP contribution >= 0.6 is 0 Å². The molecule has 0 radical (unpaired) electrons. The Labute approximate surface area is 190 Å². The van der Waals surface area contributed by atoms with Gasteiger partial charge in [-0.2, -0.15) is 0 Å². The summed E-state index contributed by atoms with van der Waals surface area (Å²) in [5.41, 5.74) is 2.69. The predicted octanol–water partition coefficient (Wildman–Crippen LogP) is 2.76. The Balaban J connectivity index is 1.35. The summed E-state index contributed by atoms with van der Waals surface area (Å²) in [7, 11) is 2.22. The van der Waals surface area contributed by atoms with Crippen molar-refractivity contribution in [3.63, 3.8) is 0 Å². The normalized spacial score (nSPS) is 19.5. The SMILES string of the molecule is CCNC(=NCc1ccc(CN2CCCCC2)cc1)NCCCCN1CCN(C)CC1. The molecule has 6 heteroatoms. The molecule has 0 unspecified atom stereocenters. The topological polar surface area (TPSA) is 46.1 Å². The summed E-state index contributed by atoms with van der Waals surface area (Å²) in [5.74, 6) is 0.930. The number of aliphatic imine (C=N–C) groups is 1. The van der Waals surface area contributed by atoms with Crippen molar-refractivity contribution in [1.82, 2.24) is 25.3 Å². The van der Waals surface area contributed by atoms with Crippen LogP contribution in [0.15, 0.2) is 29.3 Å². The number of guanidine groups is 1. The smallest absolute Gasteiger partial charge is 0.191 e. The number of hydrogen-bond donors (Lipinski definition) is 2. The molecule has 0 aromatic heterocycles. The molecule has 1 aromatic rings. The lowest BCUT2D eigenvalue weighted by Crippen LogP contribution is -2.44. The second-order valence-electron chi connectivity index (χ2n) is 9.13. The maximum Gasteiger partial charge on any atom is 0.191 e. The van der Waals surface area contributed by atoms with Crippen LogP contribution in [0.5, 0.6) is 0 Å². The minimum atomic E-state index is 0.723. The standard InChI is InChI=1S/C25H44N6/c1-3-26-25(27-13-5-8-14-30-19-17-29(2)18-20-30)28-21-23-9-11-24(12-10-23)22-31-15-6-4-7-16-31/h9-12H,3-8,13-22H2,1-2H3,(H2,26,27,28). The minimum absolute atomic E-state index is 0.723. The lowest BCUT2D eigenvalue weighted by Gasteiger charge is -2.32. The molecule has 2 fully saturated rings. The molecular formula is C25H44N6. The highest BCUT2D eigenvalue weighted by Crippen LogP contribution is 2.14. The van der Waals surface area contributed by atoms with Crippen molar-refractivity contribution in [3.8, 4) is 0 Å². The Morgan fingerprint density at radius 3 is 2.26 bits per heavy atom. The molecule has 2 heterocycles. The van der Waals surface area contributed by atoms with Gasteiger partial charge in [0.1, 0.15) is 0 Å². The molecule has 0 atom stereocenters. The van der Waals surface area contributed by atoms with Crippen molar-refractivity contribution >= 4 is 5.96 Å². The van der Waals surface area contributed by atoms with Crippen molar-refractivity contribution in [1.29, 1.82) is 0 Å². The Bertz CT molecular complexity index is 630. The Morgan fingerprint density at radius 2 is 1.55 bits per heavy atom. The molecule has 174 valence electrons. The summed E-state index contributed by atoms with van der Waals surface area (Å²) in [6.07, 6.45) is 6.52. The third-order valence-electron chi connectivity index (χ3n) is 6.43. The van der Waals surface area contributed by atoms with E-state index in [1.165, 1.54) is 89.0 Å². The number of rotatable bonds is 10. The molecule has 2 saturated heterocycles. The molecule has 0 amide bonds. The van der Waals surface area contributed by atoms with Gasteiger partial charge in [-0.1, -0.05) is 30.7 Å². The van der Waals surface area contributed by atoms with Gasteiger partial charge >= 0.3 is 0 Å². The Hall–Kier alpha value is -1.63.